The van der Waals surface area contributed by atoms with E-state index < -0.39 is 6.10 Å². The molecule has 2 rings (SSSR count). The lowest BCUT2D eigenvalue weighted by Crippen LogP contribution is -2.20. The van der Waals surface area contributed by atoms with E-state index in [1.54, 1.807) is 10.7 Å². The Morgan fingerprint density at radius 1 is 1.40 bits per heavy atom. The van der Waals surface area contributed by atoms with Crippen LogP contribution in [0.1, 0.15) is 23.7 Å². The van der Waals surface area contributed by atoms with Gasteiger partial charge in [-0.05, 0) is 25.1 Å². The molecule has 1 atom stereocenters. The highest BCUT2D eigenvalue weighted by molar-refractivity contribution is 6.31. The van der Waals surface area contributed by atoms with Crippen molar-refractivity contribution in [3.05, 3.63) is 52.8 Å². The SMILES string of the molecule is CN(CCC(O)c1ccccc1Cl)Cc1cnn(C)c1. The van der Waals surface area contributed by atoms with Crippen molar-refractivity contribution < 1.29 is 5.11 Å². The molecule has 1 heterocycles. The summed E-state index contributed by atoms with van der Waals surface area (Å²) in [5.74, 6) is 0. The van der Waals surface area contributed by atoms with Gasteiger partial charge in [-0.2, -0.15) is 5.10 Å². The standard InChI is InChI=1S/C15H20ClN3O/c1-18(10-12-9-17-19(2)11-12)8-7-15(20)13-5-3-4-6-14(13)16/h3-6,9,11,15,20H,7-8,10H2,1-2H3. The maximum Gasteiger partial charge on any atom is 0.0816 e. The fourth-order valence-electron chi connectivity index (χ4n) is 2.19. The number of halogens is 1. The fourth-order valence-corrected chi connectivity index (χ4v) is 2.45. The molecule has 1 aromatic carbocycles. The summed E-state index contributed by atoms with van der Waals surface area (Å²) in [4.78, 5) is 2.16. The molecular formula is C15H20ClN3O. The normalized spacial score (nSPS) is 12.8. The van der Waals surface area contributed by atoms with Crippen molar-refractivity contribution in [2.24, 2.45) is 7.05 Å². The van der Waals surface area contributed by atoms with Crippen molar-refractivity contribution in [3.8, 4) is 0 Å². The number of aromatic nitrogens is 2. The summed E-state index contributed by atoms with van der Waals surface area (Å²) in [6.45, 7) is 1.62. The number of nitrogens with zero attached hydrogens (tertiary/aromatic N) is 3. The molecule has 0 saturated carbocycles. The average molecular weight is 294 g/mol. The molecule has 0 aliphatic heterocycles. The van der Waals surface area contributed by atoms with Crippen LogP contribution in [0.3, 0.4) is 0 Å². The third-order valence-electron chi connectivity index (χ3n) is 3.26. The van der Waals surface area contributed by atoms with Crippen LogP contribution < -0.4 is 0 Å². The molecule has 1 aromatic heterocycles. The highest BCUT2D eigenvalue weighted by atomic mass is 35.5. The molecule has 5 heteroatoms. The Labute approximate surface area is 124 Å². The predicted molar refractivity (Wildman–Crippen MR) is 80.6 cm³/mol. The molecule has 1 unspecified atom stereocenters. The average Bonchev–Trinajstić information content (AvgIpc) is 2.82. The Hall–Kier alpha value is -1.36. The zero-order chi connectivity index (χ0) is 14.5. The molecule has 2 aromatic rings. The zero-order valence-corrected chi connectivity index (χ0v) is 12.6. The monoisotopic (exact) mass is 293 g/mol. The van der Waals surface area contributed by atoms with Crippen LogP contribution in [-0.4, -0.2) is 33.4 Å². The fraction of sp³-hybridized carbons (Fsp3) is 0.400. The number of hydrogen-bond donors (Lipinski definition) is 1. The summed E-state index contributed by atoms with van der Waals surface area (Å²) < 4.78 is 1.79. The Morgan fingerprint density at radius 3 is 2.80 bits per heavy atom. The van der Waals surface area contributed by atoms with Crippen LogP contribution in [0.4, 0.5) is 0 Å². The van der Waals surface area contributed by atoms with Crippen molar-refractivity contribution in [3.63, 3.8) is 0 Å². The highest BCUT2D eigenvalue weighted by Crippen LogP contribution is 2.24. The second-order valence-corrected chi connectivity index (χ2v) is 5.49. The molecule has 20 heavy (non-hydrogen) atoms. The first-order chi connectivity index (χ1) is 9.56. The molecular weight excluding hydrogens is 274 g/mol. The first kappa shape index (κ1) is 15.0. The molecule has 0 spiro atoms. The van der Waals surface area contributed by atoms with E-state index in [-0.39, 0.29) is 0 Å². The molecule has 0 aliphatic carbocycles. The first-order valence-corrected chi connectivity index (χ1v) is 7.02. The van der Waals surface area contributed by atoms with Gasteiger partial charge in [-0.1, -0.05) is 29.8 Å². The maximum absolute atomic E-state index is 10.2. The van der Waals surface area contributed by atoms with Gasteiger partial charge in [0.15, 0.2) is 0 Å². The van der Waals surface area contributed by atoms with Gasteiger partial charge in [0.1, 0.15) is 0 Å². The minimum absolute atomic E-state index is 0.528. The summed E-state index contributed by atoms with van der Waals surface area (Å²) in [5, 5.41) is 15.0. The molecule has 4 nitrogen and oxygen atoms in total. The van der Waals surface area contributed by atoms with Crippen LogP contribution in [0.25, 0.3) is 0 Å². The molecule has 0 aliphatic rings. The van der Waals surface area contributed by atoms with Crippen molar-refractivity contribution in [2.75, 3.05) is 13.6 Å². The lowest BCUT2D eigenvalue weighted by Gasteiger charge is -2.19. The van der Waals surface area contributed by atoms with Crippen LogP contribution in [-0.2, 0) is 13.6 Å². The first-order valence-electron chi connectivity index (χ1n) is 6.65. The van der Waals surface area contributed by atoms with Gasteiger partial charge >= 0.3 is 0 Å². The Balaban J connectivity index is 1.84. The van der Waals surface area contributed by atoms with Gasteiger partial charge < -0.3 is 10.0 Å². The third kappa shape index (κ3) is 4.07. The van der Waals surface area contributed by atoms with Gasteiger partial charge in [-0.15, -0.1) is 0 Å². The van der Waals surface area contributed by atoms with Crippen molar-refractivity contribution >= 4 is 11.6 Å². The lowest BCUT2D eigenvalue weighted by atomic mass is 10.1. The minimum atomic E-state index is -0.528. The van der Waals surface area contributed by atoms with Gasteiger partial charge in [-0.25, -0.2) is 0 Å². The maximum atomic E-state index is 10.2. The minimum Gasteiger partial charge on any atom is -0.388 e. The summed E-state index contributed by atoms with van der Waals surface area (Å²) in [5.41, 5.74) is 1.96. The van der Waals surface area contributed by atoms with E-state index in [1.807, 2.05) is 44.7 Å². The third-order valence-corrected chi connectivity index (χ3v) is 3.60. The Bertz CT molecular complexity index is 556. The highest BCUT2D eigenvalue weighted by Gasteiger charge is 2.12. The van der Waals surface area contributed by atoms with E-state index in [9.17, 15) is 5.11 Å². The second kappa shape index (κ2) is 6.88. The van der Waals surface area contributed by atoms with Crippen LogP contribution in [0, 0.1) is 0 Å². The van der Waals surface area contributed by atoms with E-state index in [4.69, 9.17) is 11.6 Å². The Morgan fingerprint density at radius 2 is 2.15 bits per heavy atom. The van der Waals surface area contributed by atoms with Crippen molar-refractivity contribution in [2.45, 2.75) is 19.1 Å². The predicted octanol–water partition coefficient (Wildman–Crippen LogP) is 2.63. The number of aliphatic hydroxyl groups excluding tert-OH is 1. The smallest absolute Gasteiger partial charge is 0.0816 e. The van der Waals surface area contributed by atoms with E-state index >= 15 is 0 Å². The quantitative estimate of drug-likeness (QED) is 0.890. The number of aryl methyl sites for hydroxylation is 1. The molecule has 1 N–H and O–H groups in total. The lowest BCUT2D eigenvalue weighted by molar-refractivity contribution is 0.148. The van der Waals surface area contributed by atoms with E-state index in [0.717, 1.165) is 18.7 Å². The molecule has 0 radical (unpaired) electrons. The van der Waals surface area contributed by atoms with Gasteiger partial charge in [0.05, 0.1) is 12.3 Å². The summed E-state index contributed by atoms with van der Waals surface area (Å²) in [6, 6.07) is 7.43. The van der Waals surface area contributed by atoms with Crippen molar-refractivity contribution in [1.82, 2.24) is 14.7 Å². The summed E-state index contributed by atoms with van der Waals surface area (Å²) in [6.07, 6.45) is 3.99. The van der Waals surface area contributed by atoms with Gasteiger partial charge in [0.25, 0.3) is 0 Å². The molecule has 108 valence electrons. The Kier molecular flexibility index (Phi) is 5.17. The number of rotatable bonds is 6. The number of aliphatic hydroxyl groups is 1. The van der Waals surface area contributed by atoms with Crippen LogP contribution in [0.2, 0.25) is 5.02 Å². The number of hydrogen-bond acceptors (Lipinski definition) is 3. The van der Waals surface area contributed by atoms with Crippen molar-refractivity contribution in [1.29, 1.82) is 0 Å². The van der Waals surface area contributed by atoms with E-state index in [1.165, 1.54) is 5.56 Å². The van der Waals surface area contributed by atoms with E-state index in [0.29, 0.717) is 11.4 Å². The molecule has 0 fully saturated rings. The van der Waals surface area contributed by atoms with Crippen LogP contribution in [0.15, 0.2) is 36.7 Å². The van der Waals surface area contributed by atoms with E-state index in [2.05, 4.69) is 10.00 Å². The molecule has 0 saturated heterocycles. The second-order valence-electron chi connectivity index (χ2n) is 5.09. The van der Waals surface area contributed by atoms with Gasteiger partial charge in [-0.3, -0.25) is 4.68 Å². The molecule has 0 bridgehead atoms. The van der Waals surface area contributed by atoms with Crippen LogP contribution >= 0.6 is 11.6 Å². The summed E-state index contributed by atoms with van der Waals surface area (Å²) >= 11 is 6.08. The molecule has 0 amide bonds. The topological polar surface area (TPSA) is 41.3 Å². The van der Waals surface area contributed by atoms with Gasteiger partial charge in [0, 0.05) is 36.9 Å². The zero-order valence-electron chi connectivity index (χ0n) is 11.8. The number of benzene rings is 1. The van der Waals surface area contributed by atoms with Crippen LogP contribution in [0.5, 0.6) is 0 Å². The largest absolute Gasteiger partial charge is 0.388 e. The van der Waals surface area contributed by atoms with Gasteiger partial charge in [0.2, 0.25) is 0 Å². The summed E-state index contributed by atoms with van der Waals surface area (Å²) in [7, 11) is 3.94.